The highest BCUT2D eigenvalue weighted by Crippen LogP contribution is 2.16. The van der Waals surface area contributed by atoms with Crippen molar-refractivity contribution in [2.45, 2.75) is 25.8 Å². The Morgan fingerprint density at radius 3 is 2.88 bits per heavy atom. The van der Waals surface area contributed by atoms with E-state index >= 15 is 0 Å². The average molecular weight is 216 g/mol. The van der Waals surface area contributed by atoms with Gasteiger partial charge in [0.2, 0.25) is 0 Å². The van der Waals surface area contributed by atoms with Crippen LogP contribution in [-0.4, -0.2) is 24.1 Å². The molecule has 4 heteroatoms. The predicted molar refractivity (Wildman–Crippen MR) is 63.2 cm³/mol. The van der Waals surface area contributed by atoms with E-state index in [0.717, 1.165) is 37.4 Å². The van der Waals surface area contributed by atoms with Gasteiger partial charge in [0.15, 0.2) is 0 Å². The smallest absolute Gasteiger partial charge is 0.144 e. The van der Waals surface area contributed by atoms with Gasteiger partial charge in [-0.1, -0.05) is 0 Å². The van der Waals surface area contributed by atoms with Gasteiger partial charge < -0.3 is 10.6 Å². The van der Waals surface area contributed by atoms with Crippen LogP contribution in [0.4, 0.5) is 5.82 Å². The Morgan fingerprint density at radius 1 is 1.44 bits per heavy atom. The van der Waals surface area contributed by atoms with Crippen molar-refractivity contribution in [2.75, 3.05) is 18.4 Å². The molecule has 1 saturated heterocycles. The third kappa shape index (κ3) is 2.50. The quantitative estimate of drug-likeness (QED) is 0.785. The number of piperidine rings is 1. The first-order valence-corrected chi connectivity index (χ1v) is 5.64. The van der Waals surface area contributed by atoms with E-state index in [4.69, 9.17) is 5.26 Å². The molecule has 0 saturated carbocycles. The molecule has 1 aliphatic heterocycles. The van der Waals surface area contributed by atoms with E-state index in [1.165, 1.54) is 0 Å². The zero-order valence-electron chi connectivity index (χ0n) is 9.45. The van der Waals surface area contributed by atoms with Crippen molar-refractivity contribution in [1.29, 1.82) is 5.26 Å². The van der Waals surface area contributed by atoms with E-state index in [9.17, 15) is 0 Å². The average Bonchev–Trinajstić information content (AvgIpc) is 2.31. The van der Waals surface area contributed by atoms with Crippen LogP contribution < -0.4 is 10.6 Å². The lowest BCUT2D eigenvalue weighted by Gasteiger charge is -2.24. The van der Waals surface area contributed by atoms with Crippen molar-refractivity contribution < 1.29 is 0 Å². The Balaban J connectivity index is 2.13. The standard InChI is InChI=1S/C12H16N4/c1-9-2-3-10(8-13)12(15-9)16-11-4-6-14-7-5-11/h2-3,11,14H,4-7H2,1H3,(H,15,16). The summed E-state index contributed by atoms with van der Waals surface area (Å²) >= 11 is 0. The minimum atomic E-state index is 0.433. The molecule has 0 atom stereocenters. The first-order valence-electron chi connectivity index (χ1n) is 5.64. The molecule has 0 unspecified atom stereocenters. The topological polar surface area (TPSA) is 60.7 Å². The normalized spacial score (nSPS) is 16.8. The van der Waals surface area contributed by atoms with Gasteiger partial charge >= 0.3 is 0 Å². The lowest BCUT2D eigenvalue weighted by molar-refractivity contribution is 0.478. The van der Waals surface area contributed by atoms with Crippen LogP contribution >= 0.6 is 0 Å². The highest BCUT2D eigenvalue weighted by atomic mass is 15.0. The van der Waals surface area contributed by atoms with Gasteiger partial charge in [-0.15, -0.1) is 0 Å². The minimum absolute atomic E-state index is 0.433. The van der Waals surface area contributed by atoms with Gasteiger partial charge in [0, 0.05) is 11.7 Å². The number of anilines is 1. The second-order valence-corrected chi connectivity index (χ2v) is 4.13. The molecule has 2 rings (SSSR count). The predicted octanol–water partition coefficient (Wildman–Crippen LogP) is 1.43. The van der Waals surface area contributed by atoms with Crippen LogP contribution in [0.15, 0.2) is 12.1 Å². The van der Waals surface area contributed by atoms with Crippen LogP contribution in [0.5, 0.6) is 0 Å². The molecule has 1 fully saturated rings. The Labute approximate surface area is 95.7 Å². The van der Waals surface area contributed by atoms with Crippen LogP contribution in [0.25, 0.3) is 0 Å². The fraction of sp³-hybridized carbons (Fsp3) is 0.500. The maximum absolute atomic E-state index is 9.00. The summed E-state index contributed by atoms with van der Waals surface area (Å²) in [5, 5.41) is 15.7. The molecule has 0 bridgehead atoms. The second-order valence-electron chi connectivity index (χ2n) is 4.13. The molecule has 16 heavy (non-hydrogen) atoms. The van der Waals surface area contributed by atoms with Gasteiger partial charge in [-0.05, 0) is 45.0 Å². The lowest BCUT2D eigenvalue weighted by Crippen LogP contribution is -2.35. The van der Waals surface area contributed by atoms with Crippen LogP contribution in [0.1, 0.15) is 24.1 Å². The summed E-state index contributed by atoms with van der Waals surface area (Å²) < 4.78 is 0. The van der Waals surface area contributed by atoms with E-state index in [-0.39, 0.29) is 0 Å². The highest BCUT2D eigenvalue weighted by molar-refractivity contribution is 5.52. The monoisotopic (exact) mass is 216 g/mol. The molecule has 2 N–H and O–H groups in total. The third-order valence-corrected chi connectivity index (χ3v) is 2.83. The summed E-state index contributed by atoms with van der Waals surface area (Å²) in [6.45, 7) is 4.01. The number of hydrogen-bond donors (Lipinski definition) is 2. The number of aromatic nitrogens is 1. The summed E-state index contributed by atoms with van der Waals surface area (Å²) in [4.78, 5) is 4.38. The van der Waals surface area contributed by atoms with Crippen LogP contribution in [0, 0.1) is 18.3 Å². The SMILES string of the molecule is Cc1ccc(C#N)c(NC2CCNCC2)n1. The maximum Gasteiger partial charge on any atom is 0.144 e. The van der Waals surface area contributed by atoms with Crippen molar-refractivity contribution in [3.63, 3.8) is 0 Å². The molecule has 0 amide bonds. The summed E-state index contributed by atoms with van der Waals surface area (Å²) in [5.74, 6) is 0.731. The summed E-state index contributed by atoms with van der Waals surface area (Å²) in [6, 6.07) is 6.30. The fourth-order valence-electron chi connectivity index (χ4n) is 1.92. The Morgan fingerprint density at radius 2 is 2.19 bits per heavy atom. The molecule has 0 radical (unpaired) electrons. The van der Waals surface area contributed by atoms with Gasteiger partial charge in [0.1, 0.15) is 11.9 Å². The second kappa shape index (κ2) is 4.95. The van der Waals surface area contributed by atoms with Gasteiger partial charge in [-0.3, -0.25) is 0 Å². The first kappa shape index (κ1) is 10.9. The minimum Gasteiger partial charge on any atom is -0.366 e. The summed E-state index contributed by atoms with van der Waals surface area (Å²) in [6.07, 6.45) is 2.17. The molecular weight excluding hydrogens is 200 g/mol. The molecule has 1 aromatic heterocycles. The van der Waals surface area contributed by atoms with Crippen molar-refractivity contribution in [3.05, 3.63) is 23.4 Å². The van der Waals surface area contributed by atoms with Crippen LogP contribution in [0.3, 0.4) is 0 Å². The Hall–Kier alpha value is -1.60. The molecule has 1 aromatic rings. The highest BCUT2D eigenvalue weighted by Gasteiger charge is 2.14. The van der Waals surface area contributed by atoms with Crippen molar-refractivity contribution in [2.24, 2.45) is 0 Å². The van der Waals surface area contributed by atoms with E-state index in [1.54, 1.807) is 0 Å². The molecule has 4 nitrogen and oxygen atoms in total. The number of nitrogens with zero attached hydrogens (tertiary/aromatic N) is 2. The van der Waals surface area contributed by atoms with Crippen molar-refractivity contribution >= 4 is 5.82 Å². The maximum atomic E-state index is 9.00. The van der Waals surface area contributed by atoms with Gasteiger partial charge in [0.05, 0.1) is 5.56 Å². The van der Waals surface area contributed by atoms with Gasteiger partial charge in [-0.2, -0.15) is 5.26 Å². The fourth-order valence-corrected chi connectivity index (χ4v) is 1.92. The molecule has 1 aliphatic rings. The molecular formula is C12H16N4. The molecule has 84 valence electrons. The number of nitrogens with one attached hydrogen (secondary N) is 2. The Bertz CT molecular complexity index is 402. The zero-order valence-corrected chi connectivity index (χ0v) is 9.45. The Kier molecular flexibility index (Phi) is 3.37. The first-order chi connectivity index (χ1) is 7.79. The largest absolute Gasteiger partial charge is 0.366 e. The number of pyridine rings is 1. The van der Waals surface area contributed by atoms with Crippen LogP contribution in [-0.2, 0) is 0 Å². The third-order valence-electron chi connectivity index (χ3n) is 2.83. The number of hydrogen-bond acceptors (Lipinski definition) is 4. The van der Waals surface area contributed by atoms with Gasteiger partial charge in [-0.25, -0.2) is 4.98 Å². The summed E-state index contributed by atoms with van der Waals surface area (Å²) in [5.41, 5.74) is 1.57. The van der Waals surface area contributed by atoms with Crippen LogP contribution in [0.2, 0.25) is 0 Å². The number of rotatable bonds is 2. The molecule has 0 aromatic carbocycles. The van der Waals surface area contributed by atoms with E-state index in [0.29, 0.717) is 11.6 Å². The summed E-state index contributed by atoms with van der Waals surface area (Å²) in [7, 11) is 0. The molecule has 2 heterocycles. The van der Waals surface area contributed by atoms with E-state index in [1.807, 2.05) is 19.1 Å². The lowest BCUT2D eigenvalue weighted by atomic mass is 10.1. The number of nitriles is 1. The van der Waals surface area contributed by atoms with Crippen molar-refractivity contribution in [3.8, 4) is 6.07 Å². The van der Waals surface area contributed by atoms with Crippen molar-refractivity contribution in [1.82, 2.24) is 10.3 Å². The zero-order chi connectivity index (χ0) is 11.4. The van der Waals surface area contributed by atoms with E-state index < -0.39 is 0 Å². The number of aryl methyl sites for hydroxylation is 1. The molecule has 0 aliphatic carbocycles. The van der Waals surface area contributed by atoms with E-state index in [2.05, 4.69) is 21.7 Å². The molecule has 0 spiro atoms. The van der Waals surface area contributed by atoms with Gasteiger partial charge in [0.25, 0.3) is 0 Å².